The molecule has 2 atom stereocenters. The van der Waals surface area contributed by atoms with Gasteiger partial charge in [0.25, 0.3) is 5.91 Å². The number of benzene rings is 1. The normalized spacial score (nSPS) is 22.2. The summed E-state index contributed by atoms with van der Waals surface area (Å²) in [6, 6.07) is 4.94. The summed E-state index contributed by atoms with van der Waals surface area (Å²) in [7, 11) is 1.57. The van der Waals surface area contributed by atoms with Crippen molar-refractivity contribution < 1.29 is 23.8 Å². The summed E-state index contributed by atoms with van der Waals surface area (Å²) in [4.78, 5) is 25.3. The van der Waals surface area contributed by atoms with Gasteiger partial charge in [-0.1, -0.05) is 12.1 Å². The number of rotatable bonds is 4. The monoisotopic (exact) mass is 296 g/mol. The number of nitrogens with zero attached hydrogens (tertiary/aromatic N) is 1. The minimum atomic E-state index is -0.898. The van der Waals surface area contributed by atoms with Gasteiger partial charge in [0, 0.05) is 13.6 Å². The Hall–Kier alpha value is -1.99. The lowest BCUT2D eigenvalue weighted by Crippen LogP contribution is -2.53. The third-order valence-electron chi connectivity index (χ3n) is 3.36. The van der Waals surface area contributed by atoms with Gasteiger partial charge in [0.15, 0.2) is 6.10 Å². The number of carbonyl (C=O) groups excluding carboxylic acids is 2. The summed E-state index contributed by atoms with van der Waals surface area (Å²) in [5.41, 5.74) is 0.607. The van der Waals surface area contributed by atoms with Crippen molar-refractivity contribution in [2.75, 3.05) is 26.8 Å². The van der Waals surface area contributed by atoms with Crippen LogP contribution in [0.15, 0.2) is 24.3 Å². The molecule has 2 amide bonds. The second kappa shape index (κ2) is 6.64. The Balaban J connectivity index is 2.26. The maximum absolute atomic E-state index is 13.0. The second-order valence-corrected chi connectivity index (χ2v) is 4.75. The van der Waals surface area contributed by atoms with Crippen LogP contribution in [0, 0.1) is 5.82 Å². The van der Waals surface area contributed by atoms with Crippen molar-refractivity contribution in [3.05, 3.63) is 35.6 Å². The highest BCUT2D eigenvalue weighted by atomic mass is 19.1. The van der Waals surface area contributed by atoms with Crippen molar-refractivity contribution in [1.82, 2.24) is 10.2 Å². The Morgan fingerprint density at radius 2 is 2.14 bits per heavy atom. The molecule has 0 aromatic heterocycles. The number of aliphatic hydroxyl groups is 1. The number of amides is 2. The summed E-state index contributed by atoms with van der Waals surface area (Å²) in [5, 5.41) is 11.3. The molecule has 7 heteroatoms. The van der Waals surface area contributed by atoms with Crippen LogP contribution in [0.4, 0.5) is 4.39 Å². The molecule has 0 aliphatic carbocycles. The summed E-state index contributed by atoms with van der Waals surface area (Å²) < 4.78 is 18.4. The fraction of sp³-hybridized carbons (Fsp3) is 0.429. The summed E-state index contributed by atoms with van der Waals surface area (Å²) >= 11 is 0. The topological polar surface area (TPSA) is 78.9 Å². The minimum absolute atomic E-state index is 0.104. The zero-order chi connectivity index (χ0) is 15.4. The highest BCUT2D eigenvalue weighted by Crippen LogP contribution is 2.29. The van der Waals surface area contributed by atoms with Gasteiger partial charge in [0.05, 0.1) is 12.6 Å². The predicted octanol–water partition coefficient (Wildman–Crippen LogP) is -0.167. The molecule has 0 bridgehead atoms. The number of nitrogens with one attached hydrogen (secondary N) is 1. The highest BCUT2D eigenvalue weighted by Gasteiger charge is 2.39. The maximum Gasteiger partial charge on any atom is 0.251 e. The molecule has 1 aliphatic heterocycles. The van der Waals surface area contributed by atoms with Gasteiger partial charge in [-0.2, -0.15) is 0 Å². The van der Waals surface area contributed by atoms with Crippen LogP contribution in [0.1, 0.15) is 11.6 Å². The van der Waals surface area contributed by atoms with E-state index in [1.165, 1.54) is 29.2 Å². The smallest absolute Gasteiger partial charge is 0.251 e. The van der Waals surface area contributed by atoms with E-state index in [9.17, 15) is 14.0 Å². The average molecular weight is 296 g/mol. The first-order chi connectivity index (χ1) is 10.0. The molecular weight excluding hydrogens is 279 g/mol. The lowest BCUT2D eigenvalue weighted by molar-refractivity contribution is -0.162. The van der Waals surface area contributed by atoms with E-state index >= 15 is 0 Å². The molecule has 1 heterocycles. The third-order valence-corrected chi connectivity index (χ3v) is 3.36. The van der Waals surface area contributed by atoms with Crippen molar-refractivity contribution >= 4 is 11.8 Å². The molecule has 1 saturated heterocycles. The van der Waals surface area contributed by atoms with Gasteiger partial charge in [-0.3, -0.25) is 9.59 Å². The molecule has 21 heavy (non-hydrogen) atoms. The number of morpholine rings is 1. The van der Waals surface area contributed by atoms with Crippen molar-refractivity contribution in [2.24, 2.45) is 0 Å². The van der Waals surface area contributed by atoms with E-state index < -0.39 is 23.9 Å². The Labute approximate surface area is 121 Å². The molecule has 0 radical (unpaired) electrons. The molecular formula is C14H17FN2O4. The van der Waals surface area contributed by atoms with Crippen LogP contribution in [0.2, 0.25) is 0 Å². The fourth-order valence-electron chi connectivity index (χ4n) is 2.27. The molecule has 0 saturated carbocycles. The van der Waals surface area contributed by atoms with E-state index in [0.29, 0.717) is 5.56 Å². The van der Waals surface area contributed by atoms with Crippen LogP contribution >= 0.6 is 0 Å². The fourth-order valence-corrected chi connectivity index (χ4v) is 2.27. The first-order valence-corrected chi connectivity index (χ1v) is 6.56. The van der Waals surface area contributed by atoms with E-state index in [0.717, 1.165) is 0 Å². The summed E-state index contributed by atoms with van der Waals surface area (Å²) in [6.07, 6.45) is -0.898. The standard InChI is InChI=1S/C14H17FN2O4/c1-17-11(19)8-21-13(14(20)16-6-7-18)12(17)9-2-4-10(15)5-3-9/h2-5,12-13,18H,6-8H2,1H3,(H,16,20)/t12-,13+/m0/s1. The molecule has 114 valence electrons. The van der Waals surface area contributed by atoms with Gasteiger partial charge in [-0.15, -0.1) is 0 Å². The van der Waals surface area contributed by atoms with E-state index in [1.807, 2.05) is 0 Å². The van der Waals surface area contributed by atoms with E-state index in [1.54, 1.807) is 7.05 Å². The predicted molar refractivity (Wildman–Crippen MR) is 71.7 cm³/mol. The Kier molecular flexibility index (Phi) is 4.87. The quantitative estimate of drug-likeness (QED) is 0.809. The lowest BCUT2D eigenvalue weighted by atomic mass is 9.97. The second-order valence-electron chi connectivity index (χ2n) is 4.75. The van der Waals surface area contributed by atoms with Gasteiger partial charge >= 0.3 is 0 Å². The van der Waals surface area contributed by atoms with Gasteiger partial charge in [0.1, 0.15) is 12.4 Å². The summed E-state index contributed by atoms with van der Waals surface area (Å²) in [6.45, 7) is -0.271. The molecule has 1 aliphatic rings. The van der Waals surface area contributed by atoms with E-state index in [2.05, 4.69) is 5.32 Å². The van der Waals surface area contributed by atoms with Crippen molar-refractivity contribution in [3.63, 3.8) is 0 Å². The number of hydrogen-bond acceptors (Lipinski definition) is 4. The largest absolute Gasteiger partial charge is 0.395 e. The van der Waals surface area contributed by atoms with Crippen LogP contribution in [-0.2, 0) is 14.3 Å². The van der Waals surface area contributed by atoms with Crippen molar-refractivity contribution in [1.29, 1.82) is 0 Å². The molecule has 2 rings (SSSR count). The van der Waals surface area contributed by atoms with Crippen LogP contribution < -0.4 is 5.32 Å². The first kappa shape index (κ1) is 15.4. The maximum atomic E-state index is 13.0. The number of ether oxygens (including phenoxy) is 1. The number of halogens is 1. The molecule has 0 spiro atoms. The van der Waals surface area contributed by atoms with Gasteiger partial charge in [-0.05, 0) is 17.7 Å². The number of aliphatic hydroxyl groups excluding tert-OH is 1. The molecule has 1 aromatic carbocycles. The highest BCUT2D eigenvalue weighted by molar-refractivity contribution is 5.86. The first-order valence-electron chi connectivity index (χ1n) is 6.56. The Morgan fingerprint density at radius 3 is 2.76 bits per heavy atom. The molecule has 6 nitrogen and oxygen atoms in total. The molecule has 2 N–H and O–H groups in total. The molecule has 1 fully saturated rings. The molecule has 1 aromatic rings. The lowest BCUT2D eigenvalue weighted by Gasteiger charge is -2.38. The van der Waals surface area contributed by atoms with Gasteiger partial charge in [0.2, 0.25) is 5.91 Å². The van der Waals surface area contributed by atoms with Gasteiger partial charge in [-0.25, -0.2) is 4.39 Å². The van der Waals surface area contributed by atoms with Crippen LogP contribution in [0.25, 0.3) is 0 Å². The van der Waals surface area contributed by atoms with Crippen LogP contribution in [-0.4, -0.2) is 54.7 Å². The Bertz CT molecular complexity index is 520. The number of carbonyl (C=O) groups is 2. The van der Waals surface area contributed by atoms with E-state index in [4.69, 9.17) is 9.84 Å². The zero-order valence-electron chi connectivity index (χ0n) is 11.6. The average Bonchev–Trinajstić information content (AvgIpc) is 2.48. The van der Waals surface area contributed by atoms with Crippen LogP contribution in [0.5, 0.6) is 0 Å². The van der Waals surface area contributed by atoms with Crippen molar-refractivity contribution in [2.45, 2.75) is 12.1 Å². The van der Waals surface area contributed by atoms with Crippen molar-refractivity contribution in [3.8, 4) is 0 Å². The SMILES string of the molecule is CN1C(=O)CO[C@@H](C(=O)NCCO)[C@@H]1c1ccc(F)cc1. The van der Waals surface area contributed by atoms with Crippen LogP contribution in [0.3, 0.4) is 0 Å². The summed E-state index contributed by atoms with van der Waals surface area (Å²) in [5.74, 6) is -1.07. The Morgan fingerprint density at radius 1 is 1.48 bits per heavy atom. The molecule has 0 unspecified atom stereocenters. The number of hydrogen-bond donors (Lipinski definition) is 2. The third kappa shape index (κ3) is 3.37. The number of likely N-dealkylation sites (N-methyl/N-ethyl adjacent to an activating group) is 1. The minimum Gasteiger partial charge on any atom is -0.395 e. The van der Waals surface area contributed by atoms with Gasteiger partial charge < -0.3 is 20.1 Å². The van der Waals surface area contributed by atoms with E-state index in [-0.39, 0.29) is 25.7 Å². The zero-order valence-corrected chi connectivity index (χ0v) is 11.6.